The first-order valence-corrected chi connectivity index (χ1v) is 9.41. The zero-order chi connectivity index (χ0) is 23.1. The third-order valence-electron chi connectivity index (χ3n) is 4.56. The van der Waals surface area contributed by atoms with Gasteiger partial charge in [-0.2, -0.15) is 5.10 Å². The van der Waals surface area contributed by atoms with Gasteiger partial charge in [0.05, 0.1) is 31.9 Å². The number of ether oxygens (including phenoxy) is 2. The van der Waals surface area contributed by atoms with E-state index < -0.39 is 16.4 Å². The van der Waals surface area contributed by atoms with Gasteiger partial charge in [-0.15, -0.1) is 0 Å². The minimum Gasteiger partial charge on any atom is -0.496 e. The maximum absolute atomic E-state index is 12.7. The van der Waals surface area contributed by atoms with Gasteiger partial charge >= 0.3 is 5.69 Å². The Balaban J connectivity index is 1.80. The van der Waals surface area contributed by atoms with Crippen LogP contribution >= 0.6 is 0 Å². The second kappa shape index (κ2) is 10.0. The molecule has 0 atom stereocenters. The van der Waals surface area contributed by atoms with E-state index in [1.165, 1.54) is 43.2 Å². The number of methoxy groups -OCH3 is 2. The summed E-state index contributed by atoms with van der Waals surface area (Å²) in [5.41, 5.74) is 2.58. The monoisotopic (exact) mass is 436 g/mol. The molecule has 1 heterocycles. The van der Waals surface area contributed by atoms with Gasteiger partial charge in [-0.25, -0.2) is 5.43 Å². The van der Waals surface area contributed by atoms with E-state index in [9.17, 15) is 19.7 Å². The SMILES string of the molecule is COc1cc(OC)c([N+](=O)[O-])cc1/C=N\NC(=O)c1cccn(Cc2ccccc2)c1=O. The molecule has 0 unspecified atom stereocenters. The lowest BCUT2D eigenvalue weighted by atomic mass is 10.1. The number of nitrogens with one attached hydrogen (secondary N) is 1. The number of hydrogen-bond donors (Lipinski definition) is 1. The summed E-state index contributed by atoms with van der Waals surface area (Å²) in [7, 11) is 2.69. The fourth-order valence-corrected chi connectivity index (χ4v) is 2.98. The number of rotatable bonds is 8. The number of carbonyl (C=O) groups excluding carboxylic acids is 1. The number of nitrogens with zero attached hydrogens (tertiary/aromatic N) is 3. The molecule has 164 valence electrons. The van der Waals surface area contributed by atoms with Crippen LogP contribution in [-0.4, -0.2) is 35.8 Å². The average molecular weight is 436 g/mol. The molecule has 10 heteroatoms. The topological polar surface area (TPSA) is 125 Å². The maximum Gasteiger partial charge on any atom is 0.311 e. The van der Waals surface area contributed by atoms with Crippen molar-refractivity contribution in [2.24, 2.45) is 5.10 Å². The zero-order valence-electron chi connectivity index (χ0n) is 17.3. The predicted octanol–water partition coefficient (Wildman–Crippen LogP) is 2.59. The molecule has 2 aromatic carbocycles. The van der Waals surface area contributed by atoms with Crippen molar-refractivity contribution in [3.05, 3.63) is 98.0 Å². The van der Waals surface area contributed by atoms with Crippen molar-refractivity contribution < 1.29 is 19.2 Å². The average Bonchev–Trinajstić information content (AvgIpc) is 2.80. The van der Waals surface area contributed by atoms with Crippen LogP contribution in [0.25, 0.3) is 0 Å². The van der Waals surface area contributed by atoms with Gasteiger partial charge in [-0.3, -0.25) is 19.7 Å². The molecule has 3 aromatic rings. The van der Waals surface area contributed by atoms with Crippen molar-refractivity contribution in [2.45, 2.75) is 6.54 Å². The maximum atomic E-state index is 12.7. The normalized spacial score (nSPS) is 10.7. The Morgan fingerprint density at radius 1 is 1.12 bits per heavy atom. The summed E-state index contributed by atoms with van der Waals surface area (Å²) in [6, 6.07) is 14.9. The highest BCUT2D eigenvalue weighted by Crippen LogP contribution is 2.33. The summed E-state index contributed by atoms with van der Waals surface area (Å²) in [6.45, 7) is 0.316. The van der Waals surface area contributed by atoms with Crippen LogP contribution in [0.5, 0.6) is 11.5 Å². The van der Waals surface area contributed by atoms with E-state index in [2.05, 4.69) is 10.5 Å². The summed E-state index contributed by atoms with van der Waals surface area (Å²) in [6.07, 6.45) is 2.78. The fraction of sp³-hybridized carbons (Fsp3) is 0.136. The van der Waals surface area contributed by atoms with E-state index in [4.69, 9.17) is 9.47 Å². The van der Waals surface area contributed by atoms with E-state index in [0.29, 0.717) is 6.54 Å². The molecule has 1 amide bonds. The number of benzene rings is 2. The Bertz CT molecular complexity index is 1220. The minimum atomic E-state index is -0.712. The van der Waals surface area contributed by atoms with Crippen LogP contribution in [0.15, 0.2) is 70.7 Å². The van der Waals surface area contributed by atoms with Gasteiger partial charge in [0.2, 0.25) is 5.75 Å². The van der Waals surface area contributed by atoms with Crippen molar-refractivity contribution >= 4 is 17.8 Å². The van der Waals surface area contributed by atoms with Crippen molar-refractivity contribution in [3.8, 4) is 11.5 Å². The molecular weight excluding hydrogens is 416 g/mol. The highest BCUT2D eigenvalue weighted by atomic mass is 16.6. The molecule has 0 saturated heterocycles. The van der Waals surface area contributed by atoms with Crippen LogP contribution in [-0.2, 0) is 6.54 Å². The quantitative estimate of drug-likeness (QED) is 0.329. The second-order valence-corrected chi connectivity index (χ2v) is 6.56. The molecule has 0 spiro atoms. The van der Waals surface area contributed by atoms with Crippen LogP contribution in [0.4, 0.5) is 5.69 Å². The smallest absolute Gasteiger partial charge is 0.311 e. The van der Waals surface area contributed by atoms with Crippen LogP contribution in [0.2, 0.25) is 0 Å². The van der Waals surface area contributed by atoms with E-state index in [0.717, 1.165) is 5.56 Å². The minimum absolute atomic E-state index is 0.0243. The third kappa shape index (κ3) is 4.98. The van der Waals surface area contributed by atoms with Crippen LogP contribution in [0, 0.1) is 10.1 Å². The number of amides is 1. The lowest BCUT2D eigenvalue weighted by Gasteiger charge is -2.08. The lowest BCUT2D eigenvalue weighted by Crippen LogP contribution is -2.30. The molecule has 0 fully saturated rings. The van der Waals surface area contributed by atoms with E-state index >= 15 is 0 Å². The number of hydrazone groups is 1. The van der Waals surface area contributed by atoms with Crippen LogP contribution < -0.4 is 20.5 Å². The molecule has 0 radical (unpaired) electrons. The molecule has 32 heavy (non-hydrogen) atoms. The van der Waals surface area contributed by atoms with E-state index in [1.54, 1.807) is 12.3 Å². The number of nitro benzene ring substituents is 1. The first-order valence-electron chi connectivity index (χ1n) is 9.41. The third-order valence-corrected chi connectivity index (χ3v) is 4.56. The van der Waals surface area contributed by atoms with Gasteiger partial charge in [0.1, 0.15) is 11.3 Å². The molecule has 0 aliphatic heterocycles. The number of carbonyl (C=O) groups is 1. The van der Waals surface area contributed by atoms with Gasteiger partial charge in [0.25, 0.3) is 11.5 Å². The van der Waals surface area contributed by atoms with E-state index in [1.807, 2.05) is 30.3 Å². The van der Waals surface area contributed by atoms with Gasteiger partial charge in [-0.1, -0.05) is 30.3 Å². The van der Waals surface area contributed by atoms with Gasteiger partial charge in [-0.05, 0) is 17.7 Å². The van der Waals surface area contributed by atoms with Crippen molar-refractivity contribution in [2.75, 3.05) is 14.2 Å². The Morgan fingerprint density at radius 3 is 2.50 bits per heavy atom. The number of nitro groups is 1. The van der Waals surface area contributed by atoms with E-state index in [-0.39, 0.29) is 28.3 Å². The Hall–Kier alpha value is -4.47. The van der Waals surface area contributed by atoms with Crippen LogP contribution in [0.1, 0.15) is 21.5 Å². The summed E-state index contributed by atoms with van der Waals surface area (Å²) >= 11 is 0. The second-order valence-electron chi connectivity index (χ2n) is 6.56. The van der Waals surface area contributed by atoms with Gasteiger partial charge in [0.15, 0.2) is 0 Å². The van der Waals surface area contributed by atoms with Gasteiger partial charge in [0, 0.05) is 23.9 Å². The van der Waals surface area contributed by atoms with Crippen LogP contribution in [0.3, 0.4) is 0 Å². The lowest BCUT2D eigenvalue weighted by molar-refractivity contribution is -0.385. The molecule has 3 rings (SSSR count). The Labute approximate surface area is 182 Å². The molecule has 0 aliphatic rings. The number of pyridine rings is 1. The highest BCUT2D eigenvalue weighted by molar-refractivity contribution is 5.95. The first-order chi connectivity index (χ1) is 15.4. The molecule has 0 aliphatic carbocycles. The largest absolute Gasteiger partial charge is 0.496 e. The van der Waals surface area contributed by atoms with Crippen molar-refractivity contribution in [3.63, 3.8) is 0 Å². The van der Waals surface area contributed by atoms with Crippen molar-refractivity contribution in [1.82, 2.24) is 9.99 Å². The first kappa shape index (κ1) is 22.2. The highest BCUT2D eigenvalue weighted by Gasteiger charge is 2.19. The fourth-order valence-electron chi connectivity index (χ4n) is 2.98. The molecule has 0 bridgehead atoms. The number of hydrogen-bond acceptors (Lipinski definition) is 7. The Kier molecular flexibility index (Phi) is 6.96. The molecular formula is C22H20N4O6. The molecule has 1 N–H and O–H groups in total. The zero-order valence-corrected chi connectivity index (χ0v) is 17.3. The molecule has 10 nitrogen and oxygen atoms in total. The van der Waals surface area contributed by atoms with Gasteiger partial charge < -0.3 is 14.0 Å². The molecule has 0 saturated carbocycles. The Morgan fingerprint density at radius 2 is 1.84 bits per heavy atom. The summed E-state index contributed by atoms with van der Waals surface area (Å²) in [5.74, 6) is -0.428. The summed E-state index contributed by atoms with van der Waals surface area (Å²) in [5, 5.41) is 15.1. The number of aromatic nitrogens is 1. The summed E-state index contributed by atoms with van der Waals surface area (Å²) < 4.78 is 11.6. The predicted molar refractivity (Wildman–Crippen MR) is 118 cm³/mol. The standard InChI is InChI=1S/C22H20N4O6/c1-31-19-12-20(32-2)18(26(29)30)11-16(19)13-23-24-21(27)17-9-6-10-25(22(17)28)14-15-7-4-3-5-8-15/h3-13H,14H2,1-2H3,(H,24,27)/b23-13-. The molecule has 1 aromatic heterocycles. The summed E-state index contributed by atoms with van der Waals surface area (Å²) in [4.78, 5) is 35.8. The van der Waals surface area contributed by atoms with Crippen molar-refractivity contribution in [1.29, 1.82) is 0 Å².